The Kier molecular flexibility index (Phi) is 7.00. The van der Waals surface area contributed by atoms with Crippen LogP contribution < -0.4 is 15.4 Å². The van der Waals surface area contributed by atoms with Gasteiger partial charge in [-0.2, -0.15) is 0 Å². The number of para-hydroxylation sites is 1. The molecule has 0 radical (unpaired) electrons. The number of amides is 1. The van der Waals surface area contributed by atoms with E-state index in [2.05, 4.69) is 54.5 Å². The van der Waals surface area contributed by atoms with Gasteiger partial charge in [-0.3, -0.25) is 14.4 Å². The zero-order chi connectivity index (χ0) is 27.0. The fraction of sp³-hybridized carbons (Fsp3) is 0.385. The molecule has 1 saturated heterocycles. The number of aryl methyl sites for hydroxylation is 1. The van der Waals surface area contributed by atoms with Crippen LogP contribution in [-0.4, -0.2) is 86.3 Å². The summed E-state index contributed by atoms with van der Waals surface area (Å²) in [6, 6.07) is 5.62. The lowest BCUT2D eigenvalue weighted by Gasteiger charge is -2.40. The van der Waals surface area contributed by atoms with Gasteiger partial charge >= 0.3 is 0 Å². The van der Waals surface area contributed by atoms with E-state index >= 15 is 0 Å². The van der Waals surface area contributed by atoms with E-state index in [-0.39, 0.29) is 23.6 Å². The van der Waals surface area contributed by atoms with Crippen molar-refractivity contribution in [2.45, 2.75) is 25.9 Å². The number of likely N-dealkylation sites (N-methyl/N-ethyl adjacent to an activating group) is 1. The van der Waals surface area contributed by atoms with Crippen molar-refractivity contribution in [1.29, 1.82) is 0 Å². The first-order chi connectivity index (χ1) is 18.2. The van der Waals surface area contributed by atoms with Gasteiger partial charge in [-0.05, 0) is 27.0 Å². The Morgan fingerprint density at radius 1 is 1.26 bits per heavy atom. The number of carbonyl (C=O) groups excluding carboxylic acids is 1. The Morgan fingerprint density at radius 3 is 2.84 bits per heavy atom. The van der Waals surface area contributed by atoms with Crippen LogP contribution in [0.4, 0.5) is 21.7 Å². The van der Waals surface area contributed by atoms with Crippen LogP contribution in [0.5, 0.6) is 5.88 Å². The molecule has 0 saturated carbocycles. The first-order valence-corrected chi connectivity index (χ1v) is 12.5. The second-order valence-corrected chi connectivity index (χ2v) is 9.66. The van der Waals surface area contributed by atoms with E-state index in [4.69, 9.17) is 4.74 Å². The molecule has 0 bridgehead atoms. The lowest BCUT2D eigenvalue weighted by Crippen LogP contribution is -2.55. The number of ether oxygens (including phenoxy) is 1. The zero-order valence-corrected chi connectivity index (χ0v) is 22.1. The molecule has 0 spiro atoms. The van der Waals surface area contributed by atoms with Crippen molar-refractivity contribution in [2.75, 3.05) is 44.4 Å². The van der Waals surface area contributed by atoms with Gasteiger partial charge in [0, 0.05) is 49.9 Å². The predicted octanol–water partition coefficient (Wildman–Crippen LogP) is 3.21. The number of H-pyrrole nitrogens is 1. The van der Waals surface area contributed by atoms with Crippen molar-refractivity contribution in [1.82, 2.24) is 34.5 Å². The summed E-state index contributed by atoms with van der Waals surface area (Å²) in [7, 11) is 5.38. The molecule has 4 aromatic rings. The summed E-state index contributed by atoms with van der Waals surface area (Å²) in [6.45, 7) is 6.67. The molecule has 12 heteroatoms. The number of aromatic amines is 1. The first kappa shape index (κ1) is 25.6. The van der Waals surface area contributed by atoms with Crippen molar-refractivity contribution in [3.63, 3.8) is 0 Å². The van der Waals surface area contributed by atoms with Gasteiger partial charge in [-0.1, -0.05) is 12.1 Å². The minimum absolute atomic E-state index is 0.0875. The second-order valence-electron chi connectivity index (χ2n) is 9.66. The number of methoxy groups -OCH3 is 1. The van der Waals surface area contributed by atoms with Crippen LogP contribution in [-0.2, 0) is 11.8 Å². The number of rotatable bonds is 7. The van der Waals surface area contributed by atoms with Crippen LogP contribution in [0.15, 0.2) is 36.8 Å². The molecule has 11 nitrogen and oxygen atoms in total. The molecule has 0 aliphatic carbocycles. The van der Waals surface area contributed by atoms with Crippen molar-refractivity contribution >= 4 is 34.1 Å². The van der Waals surface area contributed by atoms with Gasteiger partial charge in [0.05, 0.1) is 36.7 Å². The van der Waals surface area contributed by atoms with Gasteiger partial charge in [0.2, 0.25) is 11.9 Å². The number of hydrogen-bond acceptors (Lipinski definition) is 8. The van der Waals surface area contributed by atoms with Crippen LogP contribution in [0.2, 0.25) is 0 Å². The molecular formula is C26H32FN9O2. The smallest absolute Gasteiger partial charge is 0.256 e. The molecule has 5 rings (SSSR count). The molecule has 1 aromatic carbocycles. The Labute approximate surface area is 220 Å². The predicted molar refractivity (Wildman–Crippen MR) is 144 cm³/mol. The minimum atomic E-state index is -0.568. The summed E-state index contributed by atoms with van der Waals surface area (Å²) in [5.74, 6) is -0.0891. The summed E-state index contributed by atoms with van der Waals surface area (Å²) >= 11 is 0. The molecular weight excluding hydrogens is 489 g/mol. The average Bonchev–Trinajstić information content (AvgIpc) is 3.49. The van der Waals surface area contributed by atoms with Crippen LogP contribution >= 0.6 is 0 Å². The minimum Gasteiger partial charge on any atom is -0.478 e. The summed E-state index contributed by atoms with van der Waals surface area (Å²) in [4.78, 5) is 29.4. The number of benzene rings is 1. The highest BCUT2D eigenvalue weighted by molar-refractivity contribution is 6.06. The third-order valence-electron chi connectivity index (χ3n) is 7.13. The molecule has 3 aromatic heterocycles. The Hall–Kier alpha value is -4.03. The number of piperazine rings is 1. The van der Waals surface area contributed by atoms with E-state index in [0.29, 0.717) is 34.4 Å². The number of nitrogens with zero attached hydrogens (tertiary/aromatic N) is 6. The van der Waals surface area contributed by atoms with Crippen LogP contribution in [0.3, 0.4) is 0 Å². The quantitative estimate of drug-likeness (QED) is 0.340. The normalized spacial score (nSPS) is 17.5. The molecule has 38 heavy (non-hydrogen) atoms. The SMILES string of the molecule is COc1nn(C)cc1Nc1ncc(F)c(-c2c[nH]c3c(NC(=O)C(C)N4CCN(C)C(C)C4)cccc23)n1. The highest BCUT2D eigenvalue weighted by atomic mass is 19.1. The van der Waals surface area contributed by atoms with E-state index in [1.54, 1.807) is 24.1 Å². The zero-order valence-electron chi connectivity index (χ0n) is 22.1. The van der Waals surface area contributed by atoms with Gasteiger partial charge in [-0.25, -0.2) is 14.4 Å². The van der Waals surface area contributed by atoms with Gasteiger partial charge < -0.3 is 25.3 Å². The highest BCUT2D eigenvalue weighted by Crippen LogP contribution is 2.34. The Morgan fingerprint density at radius 2 is 2.08 bits per heavy atom. The third kappa shape index (κ3) is 4.92. The fourth-order valence-corrected chi connectivity index (χ4v) is 4.73. The van der Waals surface area contributed by atoms with Crippen molar-refractivity contribution in [3.05, 3.63) is 42.6 Å². The van der Waals surface area contributed by atoms with E-state index in [1.807, 2.05) is 25.1 Å². The fourth-order valence-electron chi connectivity index (χ4n) is 4.73. The Bertz CT molecular complexity index is 1470. The van der Waals surface area contributed by atoms with Gasteiger partial charge in [0.15, 0.2) is 5.82 Å². The summed E-state index contributed by atoms with van der Waals surface area (Å²) in [5, 5.41) is 11.0. The van der Waals surface area contributed by atoms with Crippen LogP contribution in [0.25, 0.3) is 22.2 Å². The maximum absolute atomic E-state index is 14.9. The maximum atomic E-state index is 14.9. The molecule has 1 amide bonds. The number of anilines is 3. The van der Waals surface area contributed by atoms with Crippen LogP contribution in [0, 0.1) is 5.82 Å². The summed E-state index contributed by atoms with van der Waals surface area (Å²) in [5.41, 5.74) is 2.55. The number of aromatic nitrogens is 5. The van der Waals surface area contributed by atoms with E-state index in [9.17, 15) is 9.18 Å². The van der Waals surface area contributed by atoms with Gasteiger partial charge in [0.25, 0.3) is 5.88 Å². The number of halogens is 1. The van der Waals surface area contributed by atoms with E-state index in [0.717, 1.165) is 31.2 Å². The van der Waals surface area contributed by atoms with E-state index in [1.165, 1.54) is 7.11 Å². The largest absolute Gasteiger partial charge is 0.478 e. The summed E-state index contributed by atoms with van der Waals surface area (Å²) in [6.07, 6.45) is 4.53. The first-order valence-electron chi connectivity index (χ1n) is 12.5. The molecule has 200 valence electrons. The van der Waals surface area contributed by atoms with Crippen molar-refractivity contribution in [3.8, 4) is 17.1 Å². The standard InChI is InChI=1S/C26H32FN9O2/c1-15-13-36(10-9-34(15)3)16(2)24(37)30-20-8-6-7-17-18(11-28-23(17)20)22-19(27)12-29-26(32-22)31-21-14-35(4)33-25(21)38-5/h6-8,11-12,14-16,28H,9-10,13H2,1-5H3,(H,30,37)(H,29,31,32). The number of hydrogen-bond donors (Lipinski definition) is 3. The number of nitrogens with one attached hydrogen (secondary N) is 3. The van der Waals surface area contributed by atoms with Gasteiger partial charge in [0.1, 0.15) is 11.4 Å². The second kappa shape index (κ2) is 10.4. The van der Waals surface area contributed by atoms with Gasteiger partial charge in [-0.15, -0.1) is 5.10 Å². The van der Waals surface area contributed by atoms with Crippen LogP contribution in [0.1, 0.15) is 13.8 Å². The molecule has 2 atom stereocenters. The maximum Gasteiger partial charge on any atom is 0.256 e. The highest BCUT2D eigenvalue weighted by Gasteiger charge is 2.28. The number of carbonyl (C=O) groups is 1. The third-order valence-corrected chi connectivity index (χ3v) is 7.13. The Balaban J connectivity index is 1.40. The molecule has 1 fully saturated rings. The average molecular weight is 522 g/mol. The lowest BCUT2D eigenvalue weighted by atomic mass is 10.1. The number of fused-ring (bicyclic) bond motifs is 1. The molecule has 3 N–H and O–H groups in total. The molecule has 2 unspecified atom stereocenters. The van der Waals surface area contributed by atoms with E-state index < -0.39 is 5.82 Å². The van der Waals surface area contributed by atoms with Crippen molar-refractivity contribution in [2.24, 2.45) is 7.05 Å². The molecule has 1 aliphatic rings. The van der Waals surface area contributed by atoms with Crippen molar-refractivity contribution < 1.29 is 13.9 Å². The molecule has 4 heterocycles. The lowest BCUT2D eigenvalue weighted by molar-refractivity contribution is -0.121. The molecule has 1 aliphatic heterocycles. The summed E-state index contributed by atoms with van der Waals surface area (Å²) < 4.78 is 21.8. The monoisotopic (exact) mass is 521 g/mol. The topological polar surface area (TPSA) is 116 Å².